The van der Waals surface area contributed by atoms with Gasteiger partial charge < -0.3 is 10.1 Å². The summed E-state index contributed by atoms with van der Waals surface area (Å²) in [7, 11) is 1.60. The van der Waals surface area contributed by atoms with Gasteiger partial charge in [0, 0.05) is 12.6 Å². The van der Waals surface area contributed by atoms with Gasteiger partial charge in [-0.25, -0.2) is 4.98 Å². The average Bonchev–Trinajstić information content (AvgIpc) is 2.21. The summed E-state index contributed by atoms with van der Waals surface area (Å²) in [6, 6.07) is 3.56. The van der Waals surface area contributed by atoms with E-state index in [0.717, 1.165) is 18.7 Å². The Bertz CT molecular complexity index is 291. The molecule has 4 heteroatoms. The molecule has 78 valence electrons. The lowest BCUT2D eigenvalue weighted by atomic mass is 10.3. The van der Waals surface area contributed by atoms with Crippen molar-refractivity contribution in [1.82, 2.24) is 10.3 Å². The lowest BCUT2D eigenvalue weighted by Crippen LogP contribution is -2.15. The van der Waals surface area contributed by atoms with Gasteiger partial charge in [-0.05, 0) is 19.0 Å². The number of hydrogen-bond acceptors (Lipinski definition) is 3. The molecule has 0 spiro atoms. The highest BCUT2D eigenvalue weighted by molar-refractivity contribution is 6.31. The molecule has 0 aliphatic heterocycles. The van der Waals surface area contributed by atoms with E-state index in [1.165, 1.54) is 0 Å². The lowest BCUT2D eigenvalue weighted by molar-refractivity contribution is 0.395. The summed E-state index contributed by atoms with van der Waals surface area (Å²) in [5, 5.41) is 3.92. The van der Waals surface area contributed by atoms with Gasteiger partial charge in [0.1, 0.15) is 0 Å². The Balaban J connectivity index is 2.64. The molecule has 0 aliphatic carbocycles. The van der Waals surface area contributed by atoms with Gasteiger partial charge >= 0.3 is 0 Å². The Morgan fingerprint density at radius 1 is 1.50 bits per heavy atom. The van der Waals surface area contributed by atoms with E-state index in [0.29, 0.717) is 17.4 Å². The summed E-state index contributed by atoms with van der Waals surface area (Å²) in [5.41, 5.74) is 0.833. The summed E-state index contributed by atoms with van der Waals surface area (Å²) in [5.74, 6) is 0.600. The molecule has 14 heavy (non-hydrogen) atoms. The summed E-state index contributed by atoms with van der Waals surface area (Å²) in [4.78, 5) is 4.25. The maximum atomic E-state index is 5.97. The molecule has 0 unspecified atom stereocenters. The molecule has 0 aliphatic rings. The summed E-state index contributed by atoms with van der Waals surface area (Å²) in [6.07, 6.45) is 1.10. The Hall–Kier alpha value is -0.800. The smallest absolute Gasteiger partial charge is 0.213 e. The van der Waals surface area contributed by atoms with Gasteiger partial charge in [-0.15, -0.1) is 0 Å². The maximum Gasteiger partial charge on any atom is 0.213 e. The van der Waals surface area contributed by atoms with Gasteiger partial charge in [0.15, 0.2) is 0 Å². The van der Waals surface area contributed by atoms with Crippen molar-refractivity contribution in [1.29, 1.82) is 0 Å². The summed E-state index contributed by atoms with van der Waals surface area (Å²) in [6.45, 7) is 3.77. The topological polar surface area (TPSA) is 34.2 Å². The SMILES string of the molecule is CCCNCc1nc(OC)ccc1Cl. The minimum atomic E-state index is 0.600. The molecule has 3 nitrogen and oxygen atoms in total. The first-order chi connectivity index (χ1) is 6.77. The van der Waals surface area contributed by atoms with Crippen LogP contribution < -0.4 is 10.1 Å². The van der Waals surface area contributed by atoms with Gasteiger partial charge in [0.05, 0.1) is 17.8 Å². The molecule has 1 heterocycles. The highest BCUT2D eigenvalue weighted by Crippen LogP contribution is 2.17. The van der Waals surface area contributed by atoms with E-state index in [4.69, 9.17) is 16.3 Å². The fraction of sp³-hybridized carbons (Fsp3) is 0.500. The maximum absolute atomic E-state index is 5.97. The molecule has 0 atom stereocenters. The van der Waals surface area contributed by atoms with E-state index in [1.54, 1.807) is 19.2 Å². The fourth-order valence-corrected chi connectivity index (χ4v) is 1.26. The van der Waals surface area contributed by atoms with Crippen LogP contribution >= 0.6 is 11.6 Å². The van der Waals surface area contributed by atoms with Crippen LogP contribution in [0, 0.1) is 0 Å². The number of nitrogens with zero attached hydrogens (tertiary/aromatic N) is 1. The summed E-state index contributed by atoms with van der Waals surface area (Å²) < 4.78 is 5.02. The first-order valence-corrected chi connectivity index (χ1v) is 5.05. The van der Waals surface area contributed by atoms with Gasteiger partial charge in [-0.1, -0.05) is 18.5 Å². The Morgan fingerprint density at radius 2 is 2.29 bits per heavy atom. The highest BCUT2D eigenvalue weighted by atomic mass is 35.5. The third kappa shape index (κ3) is 3.16. The first-order valence-electron chi connectivity index (χ1n) is 4.68. The van der Waals surface area contributed by atoms with Crippen molar-refractivity contribution in [3.63, 3.8) is 0 Å². The number of rotatable bonds is 5. The van der Waals surface area contributed by atoms with Crippen molar-refractivity contribution in [3.05, 3.63) is 22.8 Å². The van der Waals surface area contributed by atoms with Gasteiger partial charge in [0.25, 0.3) is 0 Å². The fourth-order valence-electron chi connectivity index (χ4n) is 1.09. The molecule has 1 aromatic heterocycles. The zero-order valence-corrected chi connectivity index (χ0v) is 9.27. The lowest BCUT2D eigenvalue weighted by Gasteiger charge is -2.06. The zero-order chi connectivity index (χ0) is 10.4. The third-order valence-corrected chi connectivity index (χ3v) is 2.17. The number of nitrogens with one attached hydrogen (secondary N) is 1. The zero-order valence-electron chi connectivity index (χ0n) is 8.51. The van der Waals surface area contributed by atoms with E-state index in [1.807, 2.05) is 0 Å². The standard InChI is InChI=1S/C10H15ClN2O/c1-3-6-12-7-9-8(11)4-5-10(13-9)14-2/h4-5,12H,3,6-7H2,1-2H3. The van der Waals surface area contributed by atoms with Crippen LogP contribution in [0.2, 0.25) is 5.02 Å². The monoisotopic (exact) mass is 214 g/mol. The normalized spacial score (nSPS) is 10.2. The number of methoxy groups -OCH3 is 1. The van der Waals surface area contributed by atoms with Crippen molar-refractivity contribution in [2.75, 3.05) is 13.7 Å². The quantitative estimate of drug-likeness (QED) is 0.764. The Morgan fingerprint density at radius 3 is 2.93 bits per heavy atom. The predicted octanol–water partition coefficient (Wildman–Crippen LogP) is 2.24. The second-order valence-corrected chi connectivity index (χ2v) is 3.37. The number of hydrogen-bond donors (Lipinski definition) is 1. The van der Waals surface area contributed by atoms with Crippen molar-refractivity contribution in [3.8, 4) is 5.88 Å². The van der Waals surface area contributed by atoms with Gasteiger partial charge in [-0.3, -0.25) is 0 Å². The van der Waals surface area contributed by atoms with E-state index >= 15 is 0 Å². The van der Waals surface area contributed by atoms with Crippen molar-refractivity contribution in [2.45, 2.75) is 19.9 Å². The second kappa shape index (κ2) is 5.83. The van der Waals surface area contributed by atoms with E-state index < -0.39 is 0 Å². The molecule has 1 N–H and O–H groups in total. The molecule has 0 bridgehead atoms. The van der Waals surface area contributed by atoms with Crippen LogP contribution in [-0.4, -0.2) is 18.6 Å². The van der Waals surface area contributed by atoms with E-state index in [-0.39, 0.29) is 0 Å². The first kappa shape index (κ1) is 11.3. The van der Waals surface area contributed by atoms with Crippen molar-refractivity contribution in [2.24, 2.45) is 0 Å². The highest BCUT2D eigenvalue weighted by Gasteiger charge is 2.03. The van der Waals surface area contributed by atoms with Crippen LogP contribution in [0.3, 0.4) is 0 Å². The molecule has 1 aromatic rings. The number of ether oxygens (including phenoxy) is 1. The van der Waals surface area contributed by atoms with Crippen LogP contribution in [0.4, 0.5) is 0 Å². The molecule has 0 amide bonds. The molecular formula is C10H15ClN2O. The van der Waals surface area contributed by atoms with Crippen LogP contribution in [0.1, 0.15) is 19.0 Å². The minimum Gasteiger partial charge on any atom is -0.481 e. The predicted molar refractivity (Wildman–Crippen MR) is 57.8 cm³/mol. The number of pyridine rings is 1. The Kier molecular flexibility index (Phi) is 4.70. The molecule has 0 saturated carbocycles. The Labute approximate surface area is 89.4 Å². The van der Waals surface area contributed by atoms with Crippen LogP contribution in [0.5, 0.6) is 5.88 Å². The molecule has 0 fully saturated rings. The van der Waals surface area contributed by atoms with E-state index in [2.05, 4.69) is 17.2 Å². The molecular weight excluding hydrogens is 200 g/mol. The van der Waals surface area contributed by atoms with Crippen molar-refractivity contribution < 1.29 is 4.74 Å². The number of halogens is 1. The van der Waals surface area contributed by atoms with Crippen LogP contribution in [0.15, 0.2) is 12.1 Å². The third-order valence-electron chi connectivity index (χ3n) is 1.82. The molecule has 0 radical (unpaired) electrons. The van der Waals surface area contributed by atoms with E-state index in [9.17, 15) is 0 Å². The van der Waals surface area contributed by atoms with Gasteiger partial charge in [0.2, 0.25) is 5.88 Å². The largest absolute Gasteiger partial charge is 0.481 e. The summed E-state index contributed by atoms with van der Waals surface area (Å²) >= 11 is 5.97. The molecule has 0 aromatic carbocycles. The van der Waals surface area contributed by atoms with Crippen LogP contribution in [0.25, 0.3) is 0 Å². The van der Waals surface area contributed by atoms with Crippen LogP contribution in [-0.2, 0) is 6.54 Å². The minimum absolute atomic E-state index is 0.600. The second-order valence-electron chi connectivity index (χ2n) is 2.96. The number of aromatic nitrogens is 1. The van der Waals surface area contributed by atoms with Crippen molar-refractivity contribution >= 4 is 11.6 Å². The van der Waals surface area contributed by atoms with Gasteiger partial charge in [-0.2, -0.15) is 0 Å². The molecule has 0 saturated heterocycles. The molecule has 1 rings (SSSR count). The average molecular weight is 215 g/mol.